The van der Waals surface area contributed by atoms with E-state index < -0.39 is 17.4 Å². The lowest BCUT2D eigenvalue weighted by Crippen LogP contribution is -2.51. The van der Waals surface area contributed by atoms with Crippen molar-refractivity contribution in [1.29, 1.82) is 0 Å². The molecule has 2 aromatic carbocycles. The van der Waals surface area contributed by atoms with Gasteiger partial charge in [0.1, 0.15) is 17.7 Å². The number of carbonyl (C=O) groups excluding carboxylic acids is 2. The first-order chi connectivity index (χ1) is 17.9. The number of nitrogens with zero attached hydrogens (tertiary/aromatic N) is 2. The first kappa shape index (κ1) is 29.5. The third-order valence-corrected chi connectivity index (χ3v) is 7.62. The fourth-order valence-electron chi connectivity index (χ4n) is 4.93. The van der Waals surface area contributed by atoms with Gasteiger partial charge in [0, 0.05) is 17.7 Å². The number of amides is 1. The molecule has 2 aromatic rings. The van der Waals surface area contributed by atoms with Gasteiger partial charge in [-0.05, 0) is 62.8 Å². The van der Waals surface area contributed by atoms with Crippen LogP contribution >= 0.6 is 11.6 Å². The Balaban J connectivity index is 0.000000505. The summed E-state index contributed by atoms with van der Waals surface area (Å²) in [6, 6.07) is 11.6. The number of aldehydes is 1. The van der Waals surface area contributed by atoms with E-state index in [-0.39, 0.29) is 40.1 Å². The molecular weight excluding hydrogens is 509 g/mol. The van der Waals surface area contributed by atoms with Crippen LogP contribution in [0.3, 0.4) is 0 Å². The van der Waals surface area contributed by atoms with Gasteiger partial charge in [-0.2, -0.15) is 0 Å². The van der Waals surface area contributed by atoms with Gasteiger partial charge < -0.3 is 15.3 Å². The molecule has 1 fully saturated rings. The van der Waals surface area contributed by atoms with Crippen LogP contribution in [0.5, 0.6) is 0 Å². The molecule has 2 N–H and O–H groups in total. The van der Waals surface area contributed by atoms with Gasteiger partial charge in [-0.25, -0.2) is 4.39 Å². The summed E-state index contributed by atoms with van der Waals surface area (Å²) in [5, 5.41) is 10.7. The highest BCUT2D eigenvalue weighted by Crippen LogP contribution is 2.49. The van der Waals surface area contributed by atoms with E-state index >= 15 is 0 Å². The van der Waals surface area contributed by atoms with Gasteiger partial charge in [-0.3, -0.25) is 19.4 Å². The summed E-state index contributed by atoms with van der Waals surface area (Å²) >= 11 is 5.99. The Morgan fingerprint density at radius 1 is 1.18 bits per heavy atom. The van der Waals surface area contributed by atoms with Crippen molar-refractivity contribution in [2.24, 2.45) is 10.4 Å². The summed E-state index contributed by atoms with van der Waals surface area (Å²) in [6.45, 7) is 6.96. The fraction of sp³-hybridized carbons (Fsp3) is 0.448. The molecular formula is C29H35ClFN3O4. The molecule has 1 spiro atoms. The number of aliphatic imine (C=N–C) groups is 1. The number of carbonyl (C=O) groups is 3. The second-order valence-corrected chi connectivity index (χ2v) is 11.0. The lowest BCUT2D eigenvalue weighted by atomic mass is 9.72. The van der Waals surface area contributed by atoms with E-state index in [2.05, 4.69) is 19.2 Å². The van der Waals surface area contributed by atoms with Crippen LogP contribution in [-0.4, -0.2) is 53.1 Å². The van der Waals surface area contributed by atoms with Gasteiger partial charge >= 0.3 is 5.97 Å². The maximum atomic E-state index is 14.8. The van der Waals surface area contributed by atoms with Crippen LogP contribution in [-0.2, 0) is 9.59 Å². The lowest BCUT2D eigenvalue weighted by molar-refractivity contribution is -0.137. The predicted molar refractivity (Wildman–Crippen MR) is 146 cm³/mol. The number of hydrogen-bond acceptors (Lipinski definition) is 5. The second kappa shape index (κ2) is 12.2. The topological polar surface area (TPSA) is 99.1 Å². The Hall–Kier alpha value is -3.10. The Bertz CT molecular complexity index is 1200. The van der Waals surface area contributed by atoms with Crippen molar-refractivity contribution in [3.05, 3.63) is 70.0 Å². The Morgan fingerprint density at radius 2 is 1.82 bits per heavy atom. The number of aliphatic carboxylic acids is 1. The molecule has 0 aromatic heterocycles. The van der Waals surface area contributed by atoms with Crippen LogP contribution in [0, 0.1) is 11.2 Å². The minimum absolute atomic E-state index is 0.0252. The largest absolute Gasteiger partial charge is 0.481 e. The first-order valence-electron chi connectivity index (χ1n) is 12.7. The van der Waals surface area contributed by atoms with Gasteiger partial charge in [0.25, 0.3) is 5.91 Å². The van der Waals surface area contributed by atoms with Crippen molar-refractivity contribution in [3.63, 3.8) is 0 Å². The summed E-state index contributed by atoms with van der Waals surface area (Å²) in [5.41, 5.74) is 1.24. The number of rotatable bonds is 7. The Kier molecular flexibility index (Phi) is 9.44. The fourth-order valence-corrected chi connectivity index (χ4v) is 5.10. The number of carboxylic acids is 1. The average molecular weight is 544 g/mol. The van der Waals surface area contributed by atoms with Crippen LogP contribution in [0.2, 0.25) is 5.02 Å². The van der Waals surface area contributed by atoms with Crippen LogP contribution in [0.15, 0.2) is 47.5 Å². The van der Waals surface area contributed by atoms with E-state index in [9.17, 15) is 18.8 Å². The zero-order valence-electron chi connectivity index (χ0n) is 22.3. The molecule has 9 heteroatoms. The number of benzene rings is 2. The van der Waals surface area contributed by atoms with Crippen molar-refractivity contribution in [2.45, 2.75) is 64.6 Å². The Morgan fingerprint density at radius 3 is 2.34 bits per heavy atom. The molecule has 38 heavy (non-hydrogen) atoms. The summed E-state index contributed by atoms with van der Waals surface area (Å²) in [7, 11) is 1.73. The van der Waals surface area contributed by atoms with E-state index in [4.69, 9.17) is 21.7 Å². The van der Waals surface area contributed by atoms with Crippen molar-refractivity contribution in [3.8, 4) is 0 Å². The van der Waals surface area contributed by atoms with Crippen LogP contribution in [0.1, 0.15) is 80.4 Å². The highest BCUT2D eigenvalue weighted by atomic mass is 35.5. The lowest BCUT2D eigenvalue weighted by Gasteiger charge is -2.46. The van der Waals surface area contributed by atoms with Crippen LogP contribution in [0.4, 0.5) is 4.39 Å². The molecule has 1 saturated carbocycles. The van der Waals surface area contributed by atoms with Gasteiger partial charge in [-0.15, -0.1) is 0 Å². The molecule has 4 rings (SSSR count). The van der Waals surface area contributed by atoms with Crippen LogP contribution < -0.4 is 5.32 Å². The van der Waals surface area contributed by atoms with Gasteiger partial charge in [0.05, 0.1) is 17.5 Å². The third kappa shape index (κ3) is 6.48. The molecule has 1 unspecified atom stereocenters. The maximum absolute atomic E-state index is 14.8. The molecule has 1 amide bonds. The van der Waals surface area contributed by atoms with Gasteiger partial charge in [-0.1, -0.05) is 55.8 Å². The zero-order valence-corrected chi connectivity index (χ0v) is 23.0. The Labute approximate surface area is 228 Å². The molecule has 0 bridgehead atoms. The zero-order chi connectivity index (χ0) is 28.1. The smallest absolute Gasteiger partial charge is 0.304 e. The number of carboxylic acid groups (broad SMARTS) is 1. The maximum Gasteiger partial charge on any atom is 0.304 e. The number of nitrogens with one attached hydrogen (secondary N) is 1. The molecule has 2 aliphatic rings. The average Bonchev–Trinajstić information content (AvgIpc) is 3.18. The van der Waals surface area contributed by atoms with Crippen molar-refractivity contribution in [2.75, 3.05) is 13.6 Å². The molecule has 1 heterocycles. The van der Waals surface area contributed by atoms with Gasteiger partial charge in [0.15, 0.2) is 5.82 Å². The summed E-state index contributed by atoms with van der Waals surface area (Å²) < 4.78 is 14.8. The normalized spacial score (nSPS) is 18.4. The molecule has 1 aliphatic heterocycles. The molecule has 204 valence electrons. The number of hydrogen-bond donors (Lipinski definition) is 2. The molecule has 7 nitrogen and oxygen atoms in total. The van der Waals surface area contributed by atoms with E-state index in [0.717, 1.165) is 24.7 Å². The molecule has 1 aliphatic carbocycles. The van der Waals surface area contributed by atoms with Crippen LogP contribution in [0.25, 0.3) is 0 Å². The highest BCUT2D eigenvalue weighted by molar-refractivity contribution is 6.47. The SMILES string of the molecule is CC(c1ccc(C=O)cc1)N1C(=O)C(c2cccc(Cl)c2F)=NC12CCC(C)(C)CC2.CNCCC(=O)O. The van der Waals surface area contributed by atoms with Gasteiger partial charge in [0.2, 0.25) is 0 Å². The number of halogens is 2. The third-order valence-electron chi connectivity index (χ3n) is 7.33. The molecule has 1 atom stereocenters. The summed E-state index contributed by atoms with van der Waals surface area (Å²) in [5.74, 6) is -1.66. The molecule has 0 radical (unpaired) electrons. The standard InChI is InChI=1S/C25H26ClFN2O2.C4H9NO2/c1-16(18-9-7-17(15-30)8-10-18)29-23(31)22(19-5-4-6-20(26)21(19)27)28-25(29)13-11-24(2,3)12-14-25;1-5-3-2-4(6)7/h4-10,15-16H,11-14H2,1-3H3;5H,2-3H2,1H3,(H,6,7). The predicted octanol–water partition coefficient (Wildman–Crippen LogP) is 5.66. The van der Waals surface area contributed by atoms with E-state index in [1.54, 1.807) is 31.3 Å². The van der Waals surface area contributed by atoms with E-state index in [0.29, 0.717) is 24.9 Å². The van der Waals surface area contributed by atoms with E-state index in [1.165, 1.54) is 6.07 Å². The van der Waals surface area contributed by atoms with Crippen molar-refractivity contribution in [1.82, 2.24) is 10.2 Å². The molecule has 0 saturated heterocycles. The minimum Gasteiger partial charge on any atom is -0.481 e. The first-order valence-corrected chi connectivity index (χ1v) is 13.1. The summed E-state index contributed by atoms with van der Waals surface area (Å²) in [6.07, 6.45) is 4.27. The van der Waals surface area contributed by atoms with E-state index in [1.807, 2.05) is 24.0 Å². The highest BCUT2D eigenvalue weighted by Gasteiger charge is 2.52. The monoisotopic (exact) mass is 543 g/mol. The van der Waals surface area contributed by atoms with Crippen molar-refractivity contribution >= 4 is 35.5 Å². The quantitative estimate of drug-likeness (QED) is 0.439. The van der Waals surface area contributed by atoms with Crippen molar-refractivity contribution < 1.29 is 23.9 Å². The second-order valence-electron chi connectivity index (χ2n) is 10.6. The summed E-state index contributed by atoms with van der Waals surface area (Å²) in [4.78, 5) is 41.1. The minimum atomic E-state index is -0.755.